The first-order valence-corrected chi connectivity index (χ1v) is 16.5. The third-order valence-corrected chi connectivity index (χ3v) is 11.7. The SMILES string of the molecule is C[C@@H]([C@@H]1CCCN1C)n1nc2c3c(nc(-c4noc5c4CCC[C@@]54CCCc5sc(N)c(C#N)c54)nc31)N(C)[C@H](C(F)F)CO2. The highest BCUT2D eigenvalue weighted by Gasteiger charge is 2.49. The summed E-state index contributed by atoms with van der Waals surface area (Å²) in [6.07, 6.45) is 4.52. The van der Waals surface area contributed by atoms with Crippen molar-refractivity contribution in [3.63, 3.8) is 0 Å². The number of thiophene rings is 1. The molecule has 1 saturated heterocycles. The molecule has 0 radical (unpaired) electrons. The topological polar surface area (TPSA) is 135 Å². The lowest BCUT2D eigenvalue weighted by Gasteiger charge is -2.39. The number of aryl methyl sites for hydroxylation is 1. The Bertz CT molecular complexity index is 1860. The minimum atomic E-state index is -2.65. The van der Waals surface area contributed by atoms with Gasteiger partial charge in [-0.25, -0.2) is 23.4 Å². The van der Waals surface area contributed by atoms with Gasteiger partial charge in [-0.3, -0.25) is 0 Å². The minimum Gasteiger partial charge on any atom is -0.474 e. The monoisotopic (exact) mass is 635 g/mol. The third kappa shape index (κ3) is 4.05. The van der Waals surface area contributed by atoms with Crippen molar-refractivity contribution in [1.29, 1.82) is 5.26 Å². The number of hydrogen-bond donors (Lipinski definition) is 1. The van der Waals surface area contributed by atoms with Crippen LogP contribution in [0.3, 0.4) is 0 Å². The quantitative estimate of drug-likeness (QED) is 0.324. The van der Waals surface area contributed by atoms with Crippen LogP contribution in [0.1, 0.15) is 78.8 Å². The molecule has 2 aliphatic carbocycles. The summed E-state index contributed by atoms with van der Waals surface area (Å²) in [5, 5.41) is 20.5. The fourth-order valence-corrected chi connectivity index (χ4v) is 9.50. The number of nitrogen functional groups attached to an aromatic ring is 1. The molecule has 0 bridgehead atoms. The van der Waals surface area contributed by atoms with Crippen molar-refractivity contribution in [3.8, 4) is 23.5 Å². The smallest absolute Gasteiger partial charge is 0.261 e. The van der Waals surface area contributed by atoms with Crippen LogP contribution in [0.5, 0.6) is 5.88 Å². The molecule has 1 fully saturated rings. The normalized spacial score (nSPS) is 25.3. The van der Waals surface area contributed by atoms with Gasteiger partial charge in [0.1, 0.15) is 34.9 Å². The maximum Gasteiger partial charge on any atom is 0.261 e. The van der Waals surface area contributed by atoms with Crippen molar-refractivity contribution >= 4 is 33.2 Å². The van der Waals surface area contributed by atoms with Gasteiger partial charge in [0.2, 0.25) is 5.88 Å². The Morgan fingerprint density at radius 2 is 1.93 bits per heavy atom. The largest absolute Gasteiger partial charge is 0.474 e. The van der Waals surface area contributed by atoms with Gasteiger partial charge in [-0.2, -0.15) is 5.26 Å². The van der Waals surface area contributed by atoms with Crippen LogP contribution in [-0.4, -0.2) is 75.6 Å². The minimum absolute atomic E-state index is 0.0489. The lowest BCUT2D eigenvalue weighted by molar-refractivity contribution is 0.0873. The van der Waals surface area contributed by atoms with Crippen LogP contribution in [-0.2, 0) is 18.3 Å². The van der Waals surface area contributed by atoms with Crippen LogP contribution in [0.15, 0.2) is 4.52 Å². The zero-order chi connectivity index (χ0) is 31.2. The fraction of sp³-hybridized carbons (Fsp3) is 0.581. The Balaban J connectivity index is 1.32. The molecule has 0 unspecified atom stereocenters. The summed E-state index contributed by atoms with van der Waals surface area (Å²) in [5.41, 5.74) is 9.30. The molecule has 2 aliphatic heterocycles. The second-order valence-electron chi connectivity index (χ2n) is 13.0. The van der Waals surface area contributed by atoms with Crippen LogP contribution in [0, 0.1) is 11.3 Å². The van der Waals surface area contributed by atoms with Gasteiger partial charge in [0.05, 0.1) is 17.0 Å². The number of anilines is 2. The van der Waals surface area contributed by atoms with E-state index in [0.717, 1.165) is 73.3 Å². The molecule has 8 rings (SSSR count). The number of likely N-dealkylation sites (tertiary alicyclic amines) is 1. The van der Waals surface area contributed by atoms with Gasteiger partial charge in [-0.15, -0.1) is 16.4 Å². The van der Waals surface area contributed by atoms with E-state index in [1.165, 1.54) is 16.2 Å². The predicted octanol–water partition coefficient (Wildman–Crippen LogP) is 5.07. The van der Waals surface area contributed by atoms with Crippen LogP contribution in [0.4, 0.5) is 19.6 Å². The number of alkyl halides is 2. The van der Waals surface area contributed by atoms with E-state index in [2.05, 4.69) is 30.1 Å². The van der Waals surface area contributed by atoms with Gasteiger partial charge in [0.25, 0.3) is 6.43 Å². The Hall–Kier alpha value is -3.83. The number of hydrogen-bond acceptors (Lipinski definition) is 11. The molecular weight excluding hydrogens is 600 g/mol. The number of nitrogens with two attached hydrogens (primary N) is 1. The van der Waals surface area contributed by atoms with Crippen molar-refractivity contribution in [1.82, 2.24) is 29.8 Å². The predicted molar refractivity (Wildman–Crippen MR) is 165 cm³/mol. The van der Waals surface area contributed by atoms with Gasteiger partial charge in [0.15, 0.2) is 22.9 Å². The van der Waals surface area contributed by atoms with E-state index in [1.54, 1.807) is 7.05 Å². The van der Waals surface area contributed by atoms with Gasteiger partial charge in [-0.05, 0) is 77.4 Å². The molecule has 4 aromatic heterocycles. The second kappa shape index (κ2) is 10.3. The first kappa shape index (κ1) is 28.6. The van der Waals surface area contributed by atoms with Crippen LogP contribution in [0.25, 0.3) is 22.6 Å². The summed E-state index contributed by atoms with van der Waals surface area (Å²) < 4.78 is 42.5. The zero-order valence-electron chi connectivity index (χ0n) is 25.5. The van der Waals surface area contributed by atoms with Crippen molar-refractivity contribution < 1.29 is 18.0 Å². The number of nitrogens with zero attached hydrogens (tertiary/aromatic N) is 8. The molecule has 236 valence electrons. The number of nitriles is 1. The Labute approximate surface area is 262 Å². The zero-order valence-corrected chi connectivity index (χ0v) is 26.3. The lowest BCUT2D eigenvalue weighted by Crippen LogP contribution is -2.42. The Morgan fingerprint density at radius 3 is 2.67 bits per heavy atom. The maximum absolute atomic E-state index is 14.3. The number of likely N-dealkylation sites (N-methyl/N-ethyl adjacent to an activating group) is 2. The number of ether oxygens (including phenoxy) is 1. The van der Waals surface area contributed by atoms with E-state index in [9.17, 15) is 14.0 Å². The van der Waals surface area contributed by atoms with Gasteiger partial charge < -0.3 is 24.8 Å². The second-order valence-corrected chi connectivity index (χ2v) is 14.1. The standard InChI is InChI=1S/C31H35F2N9O2S/c1-15(18-8-6-12-40(18)2)42-29-21-28(41(3)19(25(32)33)14-43-30(21)38-42)36-27(37-29)23-16-7-4-10-31(24(16)44-39-23)11-5-9-20-22(31)17(13-34)26(35)45-20/h15,18-19,25H,4-12,14,35H2,1-3H3/t15-,18-,19-,31-/m0/s1. The molecule has 2 N–H and O–H groups in total. The third-order valence-electron chi connectivity index (χ3n) is 10.6. The number of rotatable bonds is 4. The van der Waals surface area contributed by atoms with Crippen molar-refractivity contribution in [2.24, 2.45) is 0 Å². The molecule has 4 aliphatic rings. The van der Waals surface area contributed by atoms with E-state index in [-0.39, 0.29) is 24.6 Å². The molecule has 11 nitrogen and oxygen atoms in total. The van der Waals surface area contributed by atoms with Crippen molar-refractivity contribution in [3.05, 3.63) is 27.3 Å². The van der Waals surface area contributed by atoms with Crippen LogP contribution < -0.4 is 15.4 Å². The summed E-state index contributed by atoms with van der Waals surface area (Å²) >= 11 is 1.50. The number of fused-ring (bicyclic) bond motifs is 4. The van der Waals surface area contributed by atoms with Crippen molar-refractivity contribution in [2.45, 2.75) is 88.3 Å². The molecule has 0 saturated carbocycles. The number of aromatic nitrogens is 5. The van der Waals surface area contributed by atoms with E-state index in [1.807, 2.05) is 4.68 Å². The lowest BCUT2D eigenvalue weighted by atomic mass is 9.63. The number of halogens is 2. The molecule has 6 heterocycles. The molecule has 1 spiro atoms. The molecular formula is C31H35F2N9O2S. The fourth-order valence-electron chi connectivity index (χ4n) is 8.34. The van der Waals surface area contributed by atoms with E-state index < -0.39 is 17.9 Å². The van der Waals surface area contributed by atoms with E-state index >= 15 is 0 Å². The first-order valence-electron chi connectivity index (χ1n) is 15.7. The Morgan fingerprint density at radius 1 is 1.13 bits per heavy atom. The Kier molecular flexibility index (Phi) is 6.58. The summed E-state index contributed by atoms with van der Waals surface area (Å²) in [5.74, 6) is 1.66. The van der Waals surface area contributed by atoms with Crippen molar-refractivity contribution in [2.75, 3.05) is 37.9 Å². The van der Waals surface area contributed by atoms with E-state index in [4.69, 9.17) is 30.1 Å². The van der Waals surface area contributed by atoms with Gasteiger partial charge in [-0.1, -0.05) is 5.16 Å². The van der Waals surface area contributed by atoms with Gasteiger partial charge in [0, 0.05) is 23.5 Å². The van der Waals surface area contributed by atoms with E-state index in [0.29, 0.717) is 45.4 Å². The average molecular weight is 636 g/mol. The summed E-state index contributed by atoms with van der Waals surface area (Å²) in [6, 6.07) is 1.35. The molecule has 4 atom stereocenters. The highest BCUT2D eigenvalue weighted by molar-refractivity contribution is 7.16. The molecule has 14 heteroatoms. The summed E-state index contributed by atoms with van der Waals surface area (Å²) in [4.78, 5) is 14.9. The van der Waals surface area contributed by atoms with Crippen LogP contribution in [0.2, 0.25) is 0 Å². The molecule has 4 aromatic rings. The summed E-state index contributed by atoms with van der Waals surface area (Å²) in [7, 11) is 3.73. The highest BCUT2D eigenvalue weighted by atomic mass is 32.1. The summed E-state index contributed by atoms with van der Waals surface area (Å²) in [6.45, 7) is 2.89. The van der Waals surface area contributed by atoms with Crippen LogP contribution >= 0.6 is 11.3 Å². The molecule has 0 amide bonds. The maximum atomic E-state index is 14.3. The molecule has 0 aromatic carbocycles. The molecule has 45 heavy (non-hydrogen) atoms. The average Bonchev–Trinajstić information content (AvgIpc) is 3.79. The van der Waals surface area contributed by atoms with Gasteiger partial charge >= 0.3 is 0 Å². The first-order chi connectivity index (χ1) is 21.7. The highest BCUT2D eigenvalue weighted by Crippen LogP contribution is 2.55.